The fourth-order valence-corrected chi connectivity index (χ4v) is 3.13. The topological polar surface area (TPSA) is 41.6 Å². The van der Waals surface area contributed by atoms with E-state index in [4.69, 9.17) is 4.74 Å². The van der Waals surface area contributed by atoms with Crippen molar-refractivity contribution in [3.63, 3.8) is 0 Å². The van der Waals surface area contributed by atoms with Crippen LogP contribution in [0.2, 0.25) is 0 Å². The molecule has 1 amide bonds. The number of ether oxygens (including phenoxy) is 1. The highest BCUT2D eigenvalue weighted by Crippen LogP contribution is 2.27. The van der Waals surface area contributed by atoms with E-state index in [1.165, 1.54) is 0 Å². The number of amides is 1. The Morgan fingerprint density at radius 3 is 2.83 bits per heavy atom. The monoisotopic (exact) mass is 254 g/mol. The maximum absolute atomic E-state index is 12.5. The molecule has 2 rings (SSSR count). The van der Waals surface area contributed by atoms with Gasteiger partial charge in [0.05, 0.1) is 18.3 Å². The zero-order valence-corrected chi connectivity index (χ0v) is 12.0. The third-order valence-electron chi connectivity index (χ3n) is 4.42. The van der Waals surface area contributed by atoms with Gasteiger partial charge in [-0.2, -0.15) is 0 Å². The second kappa shape index (κ2) is 5.57. The minimum atomic E-state index is 0.00292. The van der Waals surface area contributed by atoms with E-state index in [2.05, 4.69) is 37.9 Å². The molecule has 0 aromatic heterocycles. The third kappa shape index (κ3) is 2.54. The van der Waals surface area contributed by atoms with Crippen LogP contribution in [0.1, 0.15) is 47.0 Å². The third-order valence-corrected chi connectivity index (χ3v) is 4.42. The summed E-state index contributed by atoms with van der Waals surface area (Å²) in [6, 6.07) is 0.348. The van der Waals surface area contributed by atoms with Crippen molar-refractivity contribution in [2.24, 2.45) is 5.92 Å². The smallest absolute Gasteiger partial charge is 0.241 e. The molecule has 4 nitrogen and oxygen atoms in total. The van der Waals surface area contributed by atoms with Gasteiger partial charge in [0.15, 0.2) is 0 Å². The van der Waals surface area contributed by atoms with Gasteiger partial charge in [0.1, 0.15) is 0 Å². The molecule has 2 fully saturated rings. The van der Waals surface area contributed by atoms with Gasteiger partial charge < -0.3 is 9.64 Å². The lowest BCUT2D eigenvalue weighted by molar-refractivity contribution is -0.135. The normalized spacial score (nSPS) is 39.1. The molecule has 2 aliphatic heterocycles. The highest BCUT2D eigenvalue weighted by atomic mass is 16.5. The van der Waals surface area contributed by atoms with E-state index in [9.17, 15) is 4.79 Å². The lowest BCUT2D eigenvalue weighted by Crippen LogP contribution is -2.47. The standard InChI is InChI=1S/C14H26N2O2/c1-5-9(2)13-14(17)16(11(4)15-13)12-6-7-18-10(3)8-12/h9-13,15H,5-8H2,1-4H3. The van der Waals surface area contributed by atoms with E-state index >= 15 is 0 Å². The van der Waals surface area contributed by atoms with Crippen molar-refractivity contribution in [3.05, 3.63) is 0 Å². The molecule has 5 atom stereocenters. The number of nitrogens with zero attached hydrogens (tertiary/aromatic N) is 1. The fraction of sp³-hybridized carbons (Fsp3) is 0.929. The summed E-state index contributed by atoms with van der Waals surface area (Å²) >= 11 is 0. The van der Waals surface area contributed by atoms with Crippen molar-refractivity contribution < 1.29 is 9.53 Å². The summed E-state index contributed by atoms with van der Waals surface area (Å²) in [6.45, 7) is 9.26. The first kappa shape index (κ1) is 13.8. The lowest BCUT2D eigenvalue weighted by Gasteiger charge is -2.36. The molecule has 1 N–H and O–H groups in total. The van der Waals surface area contributed by atoms with Crippen LogP contribution in [-0.2, 0) is 9.53 Å². The van der Waals surface area contributed by atoms with Crippen molar-refractivity contribution >= 4 is 5.91 Å². The summed E-state index contributed by atoms with van der Waals surface area (Å²) < 4.78 is 5.58. The van der Waals surface area contributed by atoms with Crippen LogP contribution in [0.3, 0.4) is 0 Å². The van der Waals surface area contributed by atoms with Gasteiger partial charge in [0, 0.05) is 12.6 Å². The minimum Gasteiger partial charge on any atom is -0.378 e. The Balaban J connectivity index is 2.06. The van der Waals surface area contributed by atoms with Gasteiger partial charge in [0.25, 0.3) is 0 Å². The summed E-state index contributed by atoms with van der Waals surface area (Å²) in [5.74, 6) is 0.693. The maximum atomic E-state index is 12.5. The predicted molar refractivity (Wildman–Crippen MR) is 71.1 cm³/mol. The van der Waals surface area contributed by atoms with E-state index < -0.39 is 0 Å². The Kier molecular flexibility index (Phi) is 4.28. The molecule has 0 saturated carbocycles. The van der Waals surface area contributed by atoms with Crippen LogP contribution in [0.15, 0.2) is 0 Å². The zero-order valence-electron chi connectivity index (χ0n) is 12.0. The van der Waals surface area contributed by atoms with Crippen LogP contribution in [0.5, 0.6) is 0 Å². The predicted octanol–water partition coefficient (Wildman–Crippen LogP) is 1.75. The largest absolute Gasteiger partial charge is 0.378 e. The fourth-order valence-electron chi connectivity index (χ4n) is 3.13. The van der Waals surface area contributed by atoms with Crippen LogP contribution in [0.4, 0.5) is 0 Å². The molecule has 2 heterocycles. The Labute approximate surface area is 110 Å². The first-order valence-corrected chi connectivity index (χ1v) is 7.24. The zero-order chi connectivity index (χ0) is 13.3. The average molecular weight is 254 g/mol. The van der Waals surface area contributed by atoms with Crippen molar-refractivity contribution in [1.29, 1.82) is 0 Å². The molecule has 0 bridgehead atoms. The molecule has 0 aromatic carbocycles. The van der Waals surface area contributed by atoms with Gasteiger partial charge in [-0.1, -0.05) is 20.3 Å². The Morgan fingerprint density at radius 1 is 1.50 bits per heavy atom. The molecule has 2 saturated heterocycles. The minimum absolute atomic E-state index is 0.00292. The quantitative estimate of drug-likeness (QED) is 0.834. The highest BCUT2D eigenvalue weighted by molar-refractivity contribution is 5.84. The van der Waals surface area contributed by atoms with Crippen LogP contribution >= 0.6 is 0 Å². The van der Waals surface area contributed by atoms with Crippen LogP contribution in [0, 0.1) is 5.92 Å². The molecule has 4 heteroatoms. The number of nitrogens with one attached hydrogen (secondary N) is 1. The number of hydrogen-bond donors (Lipinski definition) is 1. The molecule has 0 aliphatic carbocycles. The van der Waals surface area contributed by atoms with Crippen LogP contribution < -0.4 is 5.32 Å². The number of hydrogen-bond acceptors (Lipinski definition) is 3. The van der Waals surface area contributed by atoms with Gasteiger partial charge in [-0.05, 0) is 32.6 Å². The van der Waals surface area contributed by atoms with E-state index in [-0.39, 0.29) is 24.2 Å². The first-order chi connectivity index (χ1) is 8.54. The molecule has 5 unspecified atom stereocenters. The SMILES string of the molecule is CCC(C)C1NC(C)N(C2CCOC(C)C2)C1=O. The van der Waals surface area contributed by atoms with E-state index in [0.29, 0.717) is 12.0 Å². The van der Waals surface area contributed by atoms with E-state index in [1.807, 2.05) is 0 Å². The molecular formula is C14H26N2O2. The molecule has 18 heavy (non-hydrogen) atoms. The van der Waals surface area contributed by atoms with Gasteiger partial charge in [-0.3, -0.25) is 10.1 Å². The summed E-state index contributed by atoms with van der Waals surface area (Å²) in [5.41, 5.74) is 0. The summed E-state index contributed by atoms with van der Waals surface area (Å²) in [5, 5.41) is 3.45. The van der Waals surface area contributed by atoms with Gasteiger partial charge in [0.2, 0.25) is 5.91 Å². The average Bonchev–Trinajstić information content (AvgIpc) is 2.64. The van der Waals surface area contributed by atoms with Gasteiger partial charge in [-0.25, -0.2) is 0 Å². The maximum Gasteiger partial charge on any atom is 0.241 e. The number of carbonyl (C=O) groups is 1. The Bertz CT molecular complexity index is 308. The molecular weight excluding hydrogens is 228 g/mol. The molecule has 0 spiro atoms. The van der Waals surface area contributed by atoms with Crippen molar-refractivity contribution in [1.82, 2.24) is 10.2 Å². The summed E-state index contributed by atoms with van der Waals surface area (Å²) in [6.07, 6.45) is 3.40. The highest BCUT2D eigenvalue weighted by Gasteiger charge is 2.43. The number of carbonyl (C=O) groups excluding carboxylic acids is 1. The molecule has 104 valence electrons. The lowest BCUT2D eigenvalue weighted by atomic mass is 9.98. The molecule has 0 radical (unpaired) electrons. The second-order valence-electron chi connectivity index (χ2n) is 5.81. The Morgan fingerprint density at radius 2 is 2.22 bits per heavy atom. The van der Waals surface area contributed by atoms with Crippen molar-refractivity contribution in [2.45, 2.75) is 71.3 Å². The van der Waals surface area contributed by atoms with Crippen molar-refractivity contribution in [3.8, 4) is 0 Å². The first-order valence-electron chi connectivity index (χ1n) is 7.24. The van der Waals surface area contributed by atoms with E-state index in [1.54, 1.807) is 0 Å². The molecule has 2 aliphatic rings. The number of rotatable bonds is 3. The van der Waals surface area contributed by atoms with Crippen LogP contribution in [-0.4, -0.2) is 41.8 Å². The Hall–Kier alpha value is -0.610. The van der Waals surface area contributed by atoms with Crippen LogP contribution in [0.25, 0.3) is 0 Å². The molecule has 0 aromatic rings. The van der Waals surface area contributed by atoms with Gasteiger partial charge >= 0.3 is 0 Å². The van der Waals surface area contributed by atoms with E-state index in [0.717, 1.165) is 25.9 Å². The summed E-state index contributed by atoms with van der Waals surface area (Å²) in [4.78, 5) is 14.6. The second-order valence-corrected chi connectivity index (χ2v) is 5.81. The summed E-state index contributed by atoms with van der Waals surface area (Å²) in [7, 11) is 0. The van der Waals surface area contributed by atoms with Crippen molar-refractivity contribution in [2.75, 3.05) is 6.61 Å². The van der Waals surface area contributed by atoms with Gasteiger partial charge in [-0.15, -0.1) is 0 Å².